The Labute approximate surface area is 178 Å². The number of carbonyl (C=O) groups is 2. The zero-order valence-electron chi connectivity index (χ0n) is 16.2. The maximum absolute atomic E-state index is 13.2. The van der Waals surface area contributed by atoms with Crippen molar-refractivity contribution in [1.82, 2.24) is 14.1 Å². The monoisotopic (exact) mass is 451 g/mol. The zero-order chi connectivity index (χ0) is 21.3. The predicted molar refractivity (Wildman–Crippen MR) is 110 cm³/mol. The Kier molecular flexibility index (Phi) is 5.90. The summed E-state index contributed by atoms with van der Waals surface area (Å²) in [6.45, 7) is 1.83. The van der Waals surface area contributed by atoms with Crippen molar-refractivity contribution in [3.05, 3.63) is 52.5 Å². The van der Waals surface area contributed by atoms with Gasteiger partial charge >= 0.3 is 0 Å². The maximum atomic E-state index is 13.2. The van der Waals surface area contributed by atoms with Gasteiger partial charge in [-0.3, -0.25) is 9.59 Å². The Hall–Kier alpha value is -2.30. The summed E-state index contributed by atoms with van der Waals surface area (Å²) in [7, 11) is -3.89. The van der Waals surface area contributed by atoms with Gasteiger partial charge in [-0.25, -0.2) is 12.8 Å². The lowest BCUT2D eigenvalue weighted by molar-refractivity contribution is -0.136. The van der Waals surface area contributed by atoms with Crippen LogP contribution in [0, 0.1) is 5.82 Å². The van der Waals surface area contributed by atoms with E-state index >= 15 is 0 Å². The normalized spacial score (nSPS) is 20.5. The van der Waals surface area contributed by atoms with Crippen molar-refractivity contribution in [2.24, 2.45) is 0 Å². The second-order valence-electron chi connectivity index (χ2n) is 7.32. The molecule has 160 valence electrons. The van der Waals surface area contributed by atoms with Gasteiger partial charge in [-0.05, 0) is 48.6 Å². The van der Waals surface area contributed by atoms with Crippen LogP contribution in [0.4, 0.5) is 4.39 Å². The van der Waals surface area contributed by atoms with Crippen molar-refractivity contribution < 1.29 is 22.4 Å². The highest BCUT2D eigenvalue weighted by molar-refractivity contribution is 7.89. The molecule has 3 heterocycles. The van der Waals surface area contributed by atoms with Crippen LogP contribution < -0.4 is 0 Å². The second kappa shape index (κ2) is 8.44. The van der Waals surface area contributed by atoms with E-state index in [4.69, 9.17) is 0 Å². The Morgan fingerprint density at radius 2 is 1.63 bits per heavy atom. The summed E-state index contributed by atoms with van der Waals surface area (Å²) in [5, 5.41) is 1.85. The van der Waals surface area contributed by atoms with E-state index in [1.165, 1.54) is 27.8 Å². The standard InChI is InChI=1S/C20H22FN3O4S2/c21-15-5-7-16(8-6-15)30(27,28)24-9-1-3-17(24)19(25)22-10-12-23(13-11-22)20(26)18-4-2-14-29-18/h2,4-8,14,17H,1,3,9-13H2. The number of halogens is 1. The molecule has 0 aliphatic carbocycles. The topological polar surface area (TPSA) is 78.0 Å². The quantitative estimate of drug-likeness (QED) is 0.713. The molecule has 2 saturated heterocycles. The predicted octanol–water partition coefficient (Wildman–Crippen LogP) is 2.02. The van der Waals surface area contributed by atoms with Gasteiger partial charge in [0.15, 0.2) is 0 Å². The molecule has 1 unspecified atom stereocenters. The first-order chi connectivity index (χ1) is 14.4. The fourth-order valence-electron chi connectivity index (χ4n) is 3.91. The van der Waals surface area contributed by atoms with Crippen molar-refractivity contribution in [2.45, 2.75) is 23.8 Å². The van der Waals surface area contributed by atoms with E-state index < -0.39 is 21.9 Å². The van der Waals surface area contributed by atoms with Crippen LogP contribution in [0.3, 0.4) is 0 Å². The van der Waals surface area contributed by atoms with E-state index in [0.717, 1.165) is 12.1 Å². The van der Waals surface area contributed by atoms with Gasteiger partial charge in [0.2, 0.25) is 15.9 Å². The number of thiophene rings is 1. The Morgan fingerprint density at radius 3 is 2.27 bits per heavy atom. The highest BCUT2D eigenvalue weighted by Crippen LogP contribution is 2.28. The van der Waals surface area contributed by atoms with Crippen LogP contribution in [0.15, 0.2) is 46.7 Å². The zero-order valence-corrected chi connectivity index (χ0v) is 17.9. The van der Waals surface area contributed by atoms with E-state index in [-0.39, 0.29) is 23.3 Å². The Balaban J connectivity index is 1.43. The summed E-state index contributed by atoms with van der Waals surface area (Å²) in [6.07, 6.45) is 1.04. The van der Waals surface area contributed by atoms with Gasteiger partial charge in [-0.2, -0.15) is 4.31 Å². The third-order valence-corrected chi connectivity index (χ3v) is 8.30. The number of amides is 2. The van der Waals surface area contributed by atoms with E-state index in [1.54, 1.807) is 15.9 Å². The van der Waals surface area contributed by atoms with Crippen molar-refractivity contribution in [1.29, 1.82) is 0 Å². The molecule has 10 heteroatoms. The largest absolute Gasteiger partial charge is 0.338 e. The van der Waals surface area contributed by atoms with Gasteiger partial charge in [0.05, 0.1) is 9.77 Å². The van der Waals surface area contributed by atoms with Crippen LogP contribution in [-0.4, -0.2) is 73.1 Å². The van der Waals surface area contributed by atoms with Crippen LogP contribution in [0.25, 0.3) is 0 Å². The molecule has 0 radical (unpaired) electrons. The molecule has 4 rings (SSSR count). The summed E-state index contributed by atoms with van der Waals surface area (Å²) < 4.78 is 40.4. The minimum absolute atomic E-state index is 0.0186. The maximum Gasteiger partial charge on any atom is 0.264 e. The summed E-state index contributed by atoms with van der Waals surface area (Å²) in [6, 6.07) is 7.49. The van der Waals surface area contributed by atoms with E-state index in [0.29, 0.717) is 43.9 Å². The molecule has 1 aromatic heterocycles. The second-order valence-corrected chi connectivity index (χ2v) is 10.2. The van der Waals surface area contributed by atoms with Crippen LogP contribution >= 0.6 is 11.3 Å². The highest BCUT2D eigenvalue weighted by atomic mass is 32.2. The number of piperazine rings is 1. The number of rotatable bonds is 4. The minimum atomic E-state index is -3.89. The SMILES string of the molecule is O=C(c1cccs1)N1CCN(C(=O)C2CCCN2S(=O)(=O)c2ccc(F)cc2)CC1. The first-order valence-electron chi connectivity index (χ1n) is 9.77. The number of hydrogen-bond donors (Lipinski definition) is 0. The summed E-state index contributed by atoms with van der Waals surface area (Å²) in [4.78, 5) is 29.6. The first kappa shape index (κ1) is 21.0. The average Bonchev–Trinajstić information content (AvgIpc) is 3.45. The van der Waals surface area contributed by atoms with Gasteiger partial charge in [-0.15, -0.1) is 11.3 Å². The van der Waals surface area contributed by atoms with Crippen LogP contribution in [0.5, 0.6) is 0 Å². The third kappa shape index (κ3) is 3.99. The molecule has 2 fully saturated rings. The van der Waals surface area contributed by atoms with Crippen molar-refractivity contribution in [3.8, 4) is 0 Å². The molecule has 2 amide bonds. The average molecular weight is 452 g/mol. The molecule has 0 spiro atoms. The number of nitrogens with zero attached hydrogens (tertiary/aromatic N) is 3. The lowest BCUT2D eigenvalue weighted by atomic mass is 10.2. The van der Waals surface area contributed by atoms with Gasteiger partial charge < -0.3 is 9.80 Å². The lowest BCUT2D eigenvalue weighted by Crippen LogP contribution is -2.55. The number of hydrogen-bond acceptors (Lipinski definition) is 5. The van der Waals surface area contributed by atoms with Crippen molar-refractivity contribution in [3.63, 3.8) is 0 Å². The summed E-state index contributed by atoms with van der Waals surface area (Å²) in [5.74, 6) is -0.794. The van der Waals surface area contributed by atoms with E-state index in [2.05, 4.69) is 0 Å². The Morgan fingerprint density at radius 1 is 0.967 bits per heavy atom. The number of carbonyl (C=O) groups excluding carboxylic acids is 2. The van der Waals surface area contributed by atoms with Crippen LogP contribution in [-0.2, 0) is 14.8 Å². The summed E-state index contributed by atoms with van der Waals surface area (Å²) >= 11 is 1.39. The number of benzene rings is 1. The van der Waals surface area contributed by atoms with Crippen LogP contribution in [0.2, 0.25) is 0 Å². The Bertz CT molecular complexity index is 1020. The molecular formula is C20H22FN3O4S2. The lowest BCUT2D eigenvalue weighted by Gasteiger charge is -2.37. The molecule has 1 aromatic carbocycles. The molecule has 2 aliphatic heterocycles. The fraction of sp³-hybridized carbons (Fsp3) is 0.400. The molecular weight excluding hydrogens is 429 g/mol. The molecule has 30 heavy (non-hydrogen) atoms. The highest BCUT2D eigenvalue weighted by Gasteiger charge is 2.41. The van der Waals surface area contributed by atoms with Crippen molar-refractivity contribution in [2.75, 3.05) is 32.7 Å². The molecule has 1 atom stereocenters. The summed E-state index contributed by atoms with van der Waals surface area (Å²) in [5.41, 5.74) is 0. The fourth-order valence-corrected chi connectivity index (χ4v) is 6.26. The third-order valence-electron chi connectivity index (χ3n) is 5.52. The van der Waals surface area contributed by atoms with Gasteiger partial charge in [0.1, 0.15) is 11.9 Å². The van der Waals surface area contributed by atoms with E-state index in [1.807, 2.05) is 11.4 Å². The molecule has 0 saturated carbocycles. The minimum Gasteiger partial charge on any atom is -0.338 e. The molecule has 7 nitrogen and oxygen atoms in total. The van der Waals surface area contributed by atoms with Crippen LogP contribution in [0.1, 0.15) is 22.5 Å². The van der Waals surface area contributed by atoms with Gasteiger partial charge in [-0.1, -0.05) is 6.07 Å². The van der Waals surface area contributed by atoms with Gasteiger partial charge in [0.25, 0.3) is 5.91 Å². The number of sulfonamides is 1. The molecule has 0 bridgehead atoms. The molecule has 2 aliphatic rings. The smallest absolute Gasteiger partial charge is 0.264 e. The van der Waals surface area contributed by atoms with Crippen molar-refractivity contribution >= 4 is 33.2 Å². The first-order valence-corrected chi connectivity index (χ1v) is 12.1. The van der Waals surface area contributed by atoms with E-state index in [9.17, 15) is 22.4 Å². The van der Waals surface area contributed by atoms with Gasteiger partial charge in [0, 0.05) is 32.7 Å². The molecule has 2 aromatic rings. The molecule has 0 N–H and O–H groups in total.